The van der Waals surface area contributed by atoms with Gasteiger partial charge in [0.15, 0.2) is 11.5 Å². The van der Waals surface area contributed by atoms with Crippen LogP contribution in [-0.4, -0.2) is 68.7 Å². The molecule has 1 aliphatic carbocycles. The Labute approximate surface area is 273 Å². The molecule has 1 amide bonds. The predicted molar refractivity (Wildman–Crippen MR) is 164 cm³/mol. The SMILES string of the molecule is O=C(CN1C(=O)C(=O)c2ccc(N3CCOCC3)cc21)O[C@@H](Cc1c(Cl)cncc1Cl)c1ccc(OC(F)F)c(OCC2CC2)c1. The van der Waals surface area contributed by atoms with Gasteiger partial charge in [0.1, 0.15) is 12.6 Å². The molecule has 2 aromatic carbocycles. The van der Waals surface area contributed by atoms with E-state index in [0.29, 0.717) is 55.6 Å². The maximum atomic E-state index is 13.5. The van der Waals surface area contributed by atoms with E-state index in [1.165, 1.54) is 30.6 Å². The lowest BCUT2D eigenvalue weighted by Crippen LogP contribution is -2.37. The number of alkyl halides is 2. The van der Waals surface area contributed by atoms with Crippen molar-refractivity contribution in [2.75, 3.05) is 49.3 Å². The van der Waals surface area contributed by atoms with E-state index in [9.17, 15) is 23.2 Å². The average Bonchev–Trinajstić information content (AvgIpc) is 3.85. The quantitative estimate of drug-likeness (QED) is 0.177. The van der Waals surface area contributed by atoms with Crippen molar-refractivity contribution in [3.05, 3.63) is 75.5 Å². The van der Waals surface area contributed by atoms with Crippen LogP contribution >= 0.6 is 23.2 Å². The molecular formula is C32H29Cl2F2N3O7. The molecule has 46 heavy (non-hydrogen) atoms. The number of benzene rings is 2. The van der Waals surface area contributed by atoms with Crippen LogP contribution in [0.3, 0.4) is 0 Å². The van der Waals surface area contributed by atoms with E-state index in [-0.39, 0.29) is 33.5 Å². The van der Waals surface area contributed by atoms with Crippen LogP contribution < -0.4 is 19.3 Å². The zero-order valence-corrected chi connectivity index (χ0v) is 25.9. The Hall–Kier alpha value is -4.00. The van der Waals surface area contributed by atoms with E-state index >= 15 is 0 Å². The highest BCUT2D eigenvalue weighted by Crippen LogP contribution is 2.38. The number of fused-ring (bicyclic) bond motifs is 1. The number of morpholine rings is 1. The van der Waals surface area contributed by atoms with E-state index in [0.717, 1.165) is 23.4 Å². The molecule has 0 unspecified atom stereocenters. The molecule has 2 fully saturated rings. The molecule has 1 atom stereocenters. The average molecular weight is 677 g/mol. The highest BCUT2D eigenvalue weighted by Gasteiger charge is 2.38. The van der Waals surface area contributed by atoms with Crippen LogP contribution in [0.4, 0.5) is 20.2 Å². The van der Waals surface area contributed by atoms with Gasteiger partial charge in [-0.3, -0.25) is 24.3 Å². The number of pyridine rings is 1. The Morgan fingerprint density at radius 1 is 1.02 bits per heavy atom. The number of Topliss-reactive ketones (excluding diaryl/α,β-unsaturated/α-hetero) is 1. The van der Waals surface area contributed by atoms with Crippen molar-refractivity contribution in [2.24, 2.45) is 5.92 Å². The monoisotopic (exact) mass is 675 g/mol. The van der Waals surface area contributed by atoms with E-state index in [2.05, 4.69) is 14.6 Å². The van der Waals surface area contributed by atoms with Gasteiger partial charge in [-0.25, -0.2) is 0 Å². The summed E-state index contributed by atoms with van der Waals surface area (Å²) in [5.41, 5.74) is 2.08. The first-order chi connectivity index (χ1) is 22.2. The maximum absolute atomic E-state index is 13.5. The number of nitrogens with zero attached hydrogens (tertiary/aromatic N) is 3. The number of hydrogen-bond donors (Lipinski definition) is 0. The number of esters is 1. The molecule has 0 bridgehead atoms. The summed E-state index contributed by atoms with van der Waals surface area (Å²) < 4.78 is 48.2. The molecular weight excluding hydrogens is 647 g/mol. The Balaban J connectivity index is 1.28. The number of anilines is 2. The molecule has 6 rings (SSSR count). The summed E-state index contributed by atoms with van der Waals surface area (Å²) in [5.74, 6) is -2.20. The summed E-state index contributed by atoms with van der Waals surface area (Å²) in [6.07, 6.45) is 3.65. The molecule has 1 saturated carbocycles. The van der Waals surface area contributed by atoms with Crippen molar-refractivity contribution < 1.29 is 42.1 Å². The summed E-state index contributed by atoms with van der Waals surface area (Å²) in [7, 11) is 0. The summed E-state index contributed by atoms with van der Waals surface area (Å²) in [6, 6.07) is 9.29. The highest BCUT2D eigenvalue weighted by atomic mass is 35.5. The largest absolute Gasteiger partial charge is 0.489 e. The lowest BCUT2D eigenvalue weighted by atomic mass is 10.0. The van der Waals surface area contributed by atoms with Gasteiger partial charge in [0.25, 0.3) is 11.7 Å². The number of ketones is 1. The first kappa shape index (κ1) is 32.0. The second-order valence-electron chi connectivity index (χ2n) is 11.1. The van der Waals surface area contributed by atoms with Gasteiger partial charge >= 0.3 is 12.6 Å². The Bertz CT molecular complexity index is 1630. The third kappa shape index (κ3) is 7.19. The minimum Gasteiger partial charge on any atom is -0.489 e. The number of halogens is 4. The van der Waals surface area contributed by atoms with E-state index in [4.69, 9.17) is 37.4 Å². The van der Waals surface area contributed by atoms with Crippen LogP contribution in [0.25, 0.3) is 0 Å². The molecule has 3 aromatic rings. The summed E-state index contributed by atoms with van der Waals surface area (Å²) in [6.45, 7) is -0.969. The van der Waals surface area contributed by atoms with Crippen molar-refractivity contribution in [2.45, 2.75) is 32.0 Å². The van der Waals surface area contributed by atoms with Crippen LogP contribution in [-0.2, 0) is 25.5 Å². The lowest BCUT2D eigenvalue weighted by molar-refractivity contribution is -0.148. The molecule has 3 heterocycles. The van der Waals surface area contributed by atoms with Gasteiger partial charge in [-0.05, 0) is 60.2 Å². The molecule has 0 spiro atoms. The molecule has 242 valence electrons. The number of ether oxygens (including phenoxy) is 4. The molecule has 1 aromatic heterocycles. The molecule has 1 saturated heterocycles. The Morgan fingerprint density at radius 2 is 1.76 bits per heavy atom. The van der Waals surface area contributed by atoms with Crippen molar-refractivity contribution in [1.29, 1.82) is 0 Å². The molecule has 3 aliphatic rings. The molecule has 0 radical (unpaired) electrons. The molecule has 0 N–H and O–H groups in total. The van der Waals surface area contributed by atoms with Gasteiger partial charge in [0.05, 0.1) is 41.1 Å². The number of hydrogen-bond acceptors (Lipinski definition) is 9. The fraction of sp³-hybridized carbons (Fsp3) is 0.375. The van der Waals surface area contributed by atoms with Gasteiger partial charge in [0, 0.05) is 37.6 Å². The van der Waals surface area contributed by atoms with Gasteiger partial charge in [-0.1, -0.05) is 29.3 Å². The van der Waals surface area contributed by atoms with Gasteiger partial charge in [-0.15, -0.1) is 0 Å². The van der Waals surface area contributed by atoms with Crippen molar-refractivity contribution in [1.82, 2.24) is 4.98 Å². The summed E-state index contributed by atoms with van der Waals surface area (Å²) in [5, 5.41) is 0.447. The van der Waals surface area contributed by atoms with E-state index < -0.39 is 36.9 Å². The summed E-state index contributed by atoms with van der Waals surface area (Å²) >= 11 is 12.8. The van der Waals surface area contributed by atoms with Crippen molar-refractivity contribution in [3.8, 4) is 11.5 Å². The number of aromatic nitrogens is 1. The van der Waals surface area contributed by atoms with Crippen molar-refractivity contribution >= 4 is 52.2 Å². The number of rotatable bonds is 12. The smallest absolute Gasteiger partial charge is 0.387 e. The predicted octanol–water partition coefficient (Wildman–Crippen LogP) is 5.67. The van der Waals surface area contributed by atoms with Crippen LogP contribution in [0.5, 0.6) is 11.5 Å². The molecule has 10 nitrogen and oxygen atoms in total. The highest BCUT2D eigenvalue weighted by molar-refractivity contribution is 6.52. The zero-order chi connectivity index (χ0) is 32.4. The maximum Gasteiger partial charge on any atom is 0.387 e. The number of amides is 1. The Kier molecular flexibility index (Phi) is 9.57. The molecule has 2 aliphatic heterocycles. The third-order valence-corrected chi connectivity index (χ3v) is 8.61. The van der Waals surface area contributed by atoms with Crippen LogP contribution in [0.15, 0.2) is 48.8 Å². The fourth-order valence-corrected chi connectivity index (χ4v) is 5.87. The van der Waals surface area contributed by atoms with Gasteiger partial charge in [-0.2, -0.15) is 8.78 Å². The Morgan fingerprint density at radius 3 is 2.46 bits per heavy atom. The minimum absolute atomic E-state index is 0.0202. The topological polar surface area (TPSA) is 108 Å². The standard InChI is InChI=1S/C32H29Cl2F2N3O7/c33-23-14-37-15-24(34)22(23)13-27(19-3-6-26(46-32(35)36)28(11-19)44-17-18-1-2-18)45-29(40)16-39-25-12-20(38-7-9-43-10-8-38)4-5-21(25)30(41)31(39)42/h3-6,11-12,14-15,18,27,32H,1-2,7-10,13,16-17H2/t27-/m0/s1. The van der Waals surface area contributed by atoms with Crippen LogP contribution in [0.1, 0.15) is 40.4 Å². The van der Waals surface area contributed by atoms with Gasteiger partial charge < -0.3 is 23.8 Å². The second kappa shape index (κ2) is 13.8. The van der Waals surface area contributed by atoms with E-state index in [1.807, 2.05) is 0 Å². The van der Waals surface area contributed by atoms with Crippen molar-refractivity contribution in [3.63, 3.8) is 0 Å². The normalized spacial score (nSPS) is 16.9. The first-order valence-electron chi connectivity index (χ1n) is 14.7. The lowest BCUT2D eigenvalue weighted by Gasteiger charge is -2.29. The molecule has 14 heteroatoms. The van der Waals surface area contributed by atoms with Gasteiger partial charge in [0.2, 0.25) is 0 Å². The zero-order valence-electron chi connectivity index (χ0n) is 24.4. The van der Waals surface area contributed by atoms with Crippen LogP contribution in [0.2, 0.25) is 10.0 Å². The minimum atomic E-state index is -3.08. The van der Waals surface area contributed by atoms with E-state index in [1.54, 1.807) is 18.2 Å². The fourth-order valence-electron chi connectivity index (χ4n) is 5.35. The second-order valence-corrected chi connectivity index (χ2v) is 11.9. The summed E-state index contributed by atoms with van der Waals surface area (Å²) in [4.78, 5) is 46.5. The first-order valence-corrected chi connectivity index (χ1v) is 15.5. The number of carbonyl (C=O) groups excluding carboxylic acids is 3. The number of carbonyl (C=O) groups is 3. The third-order valence-electron chi connectivity index (χ3n) is 7.96. The van der Waals surface area contributed by atoms with Crippen LogP contribution in [0, 0.1) is 5.92 Å².